The molecule has 0 fully saturated rings. The molecule has 0 radical (unpaired) electrons. The molecule has 8 rings (SSSR count). The van der Waals surface area contributed by atoms with Gasteiger partial charge in [-0.15, -0.1) is 0 Å². The molecule has 0 aromatic heterocycles. The van der Waals surface area contributed by atoms with E-state index in [1.807, 2.05) is 0 Å². The molecule has 2 nitrogen and oxygen atoms in total. The van der Waals surface area contributed by atoms with Crippen molar-refractivity contribution in [2.45, 2.75) is 37.8 Å². The van der Waals surface area contributed by atoms with Crippen LogP contribution in [0.5, 0.6) is 0 Å². The Kier molecular flexibility index (Phi) is 4.71. The average molecular weight is 504 g/mol. The Morgan fingerprint density at radius 2 is 0.718 bits per heavy atom. The molecule has 0 unspecified atom stereocenters. The lowest BCUT2D eigenvalue weighted by atomic mass is 9.82. The van der Waals surface area contributed by atoms with Gasteiger partial charge in [-0.05, 0) is 69.5 Å². The monoisotopic (exact) mass is 503 g/mol. The summed E-state index contributed by atoms with van der Waals surface area (Å²) in [6.07, 6.45) is 1.93. The lowest BCUT2D eigenvalue weighted by Gasteiger charge is -2.54. The van der Waals surface area contributed by atoms with Crippen molar-refractivity contribution in [2.75, 3.05) is 9.80 Å². The van der Waals surface area contributed by atoms with Gasteiger partial charge in [-0.3, -0.25) is 0 Å². The van der Waals surface area contributed by atoms with Gasteiger partial charge in [0.25, 0.3) is 0 Å². The van der Waals surface area contributed by atoms with Crippen molar-refractivity contribution in [3.8, 4) is 22.3 Å². The summed E-state index contributed by atoms with van der Waals surface area (Å²) in [5.41, 5.74) is 12.9. The molecule has 0 atom stereocenters. The molecule has 190 valence electrons. The zero-order valence-electron chi connectivity index (χ0n) is 22.4. The van der Waals surface area contributed by atoms with E-state index in [1.54, 1.807) is 0 Å². The third-order valence-corrected chi connectivity index (χ3v) is 9.55. The molecule has 5 aromatic carbocycles. The van der Waals surface area contributed by atoms with Crippen LogP contribution in [0.2, 0.25) is 0 Å². The van der Waals surface area contributed by atoms with Crippen molar-refractivity contribution >= 4 is 11.4 Å². The third-order valence-electron chi connectivity index (χ3n) is 9.55. The first-order valence-corrected chi connectivity index (χ1v) is 14.2. The minimum absolute atomic E-state index is 0.287. The molecule has 2 aliphatic carbocycles. The zero-order chi connectivity index (χ0) is 26.2. The number of nitrogens with zero attached hydrogens (tertiary/aromatic N) is 2. The van der Waals surface area contributed by atoms with E-state index >= 15 is 0 Å². The number of hydrogen-bond acceptors (Lipinski definition) is 2. The van der Waals surface area contributed by atoms with Gasteiger partial charge in [0.05, 0.1) is 11.1 Å². The molecule has 3 aliphatic rings. The first-order valence-electron chi connectivity index (χ1n) is 14.2. The van der Waals surface area contributed by atoms with E-state index in [4.69, 9.17) is 0 Å². The van der Waals surface area contributed by atoms with Crippen LogP contribution in [0.4, 0.5) is 11.4 Å². The van der Waals surface area contributed by atoms with Crippen LogP contribution in [0.3, 0.4) is 0 Å². The van der Waals surface area contributed by atoms with Gasteiger partial charge in [0.2, 0.25) is 0 Å². The topological polar surface area (TPSA) is 6.48 Å². The molecule has 0 N–H and O–H groups in total. The summed E-state index contributed by atoms with van der Waals surface area (Å²) in [6, 6.07) is 45.0. The summed E-state index contributed by atoms with van der Waals surface area (Å²) in [4.78, 5) is 5.18. The first-order chi connectivity index (χ1) is 19.3. The maximum absolute atomic E-state index is 2.59. The second-order valence-corrected chi connectivity index (χ2v) is 11.0. The Morgan fingerprint density at radius 3 is 1.03 bits per heavy atom. The number of para-hydroxylation sites is 2. The van der Waals surface area contributed by atoms with Crippen molar-refractivity contribution in [1.29, 1.82) is 0 Å². The fraction of sp³-hybridized carbons (Fsp3) is 0.162. The quantitative estimate of drug-likeness (QED) is 0.226. The molecule has 1 heterocycles. The van der Waals surface area contributed by atoms with Gasteiger partial charge in [0.15, 0.2) is 0 Å². The van der Waals surface area contributed by atoms with Gasteiger partial charge in [-0.2, -0.15) is 6.67 Å². The second kappa shape index (κ2) is 8.10. The molecule has 1 aliphatic heterocycles. The highest BCUT2D eigenvalue weighted by atomic mass is 15.4. The van der Waals surface area contributed by atoms with Crippen molar-refractivity contribution in [3.05, 3.63) is 150 Å². The number of hydrogen-bond donors (Lipinski definition) is 0. The van der Waals surface area contributed by atoms with E-state index in [0.717, 1.165) is 12.8 Å². The van der Waals surface area contributed by atoms with E-state index in [-0.39, 0.29) is 11.1 Å². The minimum Gasteiger partial charge on any atom is -0.490 e. The summed E-state index contributed by atoms with van der Waals surface area (Å²) in [5, 5.41) is 0. The zero-order valence-corrected chi connectivity index (χ0v) is 22.4. The van der Waals surface area contributed by atoms with Gasteiger partial charge in [0, 0.05) is 11.4 Å². The van der Waals surface area contributed by atoms with Gasteiger partial charge in [-0.25, -0.2) is 0 Å². The van der Waals surface area contributed by atoms with E-state index in [9.17, 15) is 0 Å². The van der Waals surface area contributed by atoms with Gasteiger partial charge >= 0.3 is 0 Å². The lowest BCUT2D eigenvalue weighted by Crippen LogP contribution is -2.49. The van der Waals surface area contributed by atoms with Crippen LogP contribution in [-0.2, 0) is 11.1 Å². The Hall–Kier alpha value is -4.30. The SMILES string of the molecule is CCC1(N2[CH-]N(C3(CC)c4ccccc4-c4ccccc43)c3ccccc32)c2ccccc2-c2ccccc21. The fourth-order valence-corrected chi connectivity index (χ4v) is 7.95. The Morgan fingerprint density at radius 1 is 0.436 bits per heavy atom. The first kappa shape index (κ1) is 22.7. The van der Waals surface area contributed by atoms with E-state index in [0.29, 0.717) is 0 Å². The van der Waals surface area contributed by atoms with Crippen LogP contribution >= 0.6 is 0 Å². The summed E-state index contributed by atoms with van der Waals surface area (Å²) in [7, 11) is 0. The summed E-state index contributed by atoms with van der Waals surface area (Å²) in [6.45, 7) is 7.12. The molecular weight excluding hydrogens is 472 g/mol. The standard InChI is InChI=1S/C37H31N2/c1-3-36(30-19-9-5-15-26(30)27-16-6-10-20-31(27)36)38-25-39(35-24-14-13-23-34(35)38)37(4-2)32-21-11-7-17-28(32)29-18-8-12-22-33(29)37/h5-25H,3-4H2,1-2H3/q-1. The second-order valence-electron chi connectivity index (χ2n) is 11.0. The highest BCUT2D eigenvalue weighted by Gasteiger charge is 2.50. The van der Waals surface area contributed by atoms with E-state index in [1.165, 1.54) is 55.9 Å². The van der Waals surface area contributed by atoms with Crippen molar-refractivity contribution in [1.82, 2.24) is 0 Å². The molecule has 5 aromatic rings. The molecule has 0 spiro atoms. The van der Waals surface area contributed by atoms with Crippen LogP contribution in [0.25, 0.3) is 22.3 Å². The highest BCUT2D eigenvalue weighted by molar-refractivity contribution is 5.91. The number of anilines is 2. The Bertz CT molecular complexity index is 1530. The lowest BCUT2D eigenvalue weighted by molar-refractivity contribution is 0.461. The molecular formula is C37H31N2-. The van der Waals surface area contributed by atoms with E-state index in [2.05, 4.69) is 152 Å². The number of rotatable bonds is 4. The molecule has 0 saturated carbocycles. The third kappa shape index (κ3) is 2.67. The highest BCUT2D eigenvalue weighted by Crippen LogP contribution is 2.61. The van der Waals surface area contributed by atoms with Crippen molar-refractivity contribution in [3.63, 3.8) is 0 Å². The normalized spacial score (nSPS) is 16.9. The molecule has 0 bridgehead atoms. The number of fused-ring (bicyclic) bond motifs is 7. The maximum atomic E-state index is 2.59. The van der Waals surface area contributed by atoms with Gasteiger partial charge in [0.1, 0.15) is 0 Å². The van der Waals surface area contributed by atoms with E-state index < -0.39 is 0 Å². The van der Waals surface area contributed by atoms with Crippen LogP contribution in [0.15, 0.2) is 121 Å². The minimum atomic E-state index is -0.287. The largest absolute Gasteiger partial charge is 0.490 e. The van der Waals surface area contributed by atoms with Gasteiger partial charge < -0.3 is 9.80 Å². The van der Waals surface area contributed by atoms with Crippen molar-refractivity contribution < 1.29 is 0 Å². The average Bonchev–Trinajstić information content (AvgIpc) is 3.63. The molecule has 39 heavy (non-hydrogen) atoms. The molecule has 0 amide bonds. The summed E-state index contributed by atoms with van der Waals surface area (Å²) in [5.74, 6) is 0. The van der Waals surface area contributed by atoms with Crippen LogP contribution in [0.1, 0.15) is 48.9 Å². The van der Waals surface area contributed by atoms with Crippen LogP contribution in [-0.4, -0.2) is 0 Å². The summed E-state index contributed by atoms with van der Waals surface area (Å²) >= 11 is 0. The van der Waals surface area contributed by atoms with Crippen LogP contribution in [0, 0.1) is 6.67 Å². The Labute approximate surface area is 231 Å². The predicted molar refractivity (Wildman–Crippen MR) is 162 cm³/mol. The fourth-order valence-electron chi connectivity index (χ4n) is 7.95. The summed E-state index contributed by atoms with van der Waals surface area (Å²) < 4.78 is 0. The molecule has 0 saturated heterocycles. The molecule has 2 heteroatoms. The Balaban J connectivity index is 1.39. The predicted octanol–water partition coefficient (Wildman–Crippen LogP) is 9.10. The smallest absolute Gasteiger partial charge is 0.0656 e. The van der Waals surface area contributed by atoms with Gasteiger partial charge in [-0.1, -0.05) is 123 Å². The maximum Gasteiger partial charge on any atom is 0.0656 e. The van der Waals surface area contributed by atoms with Crippen molar-refractivity contribution in [2.24, 2.45) is 0 Å². The number of benzene rings is 5. The van der Waals surface area contributed by atoms with Crippen LogP contribution < -0.4 is 9.80 Å².